The molecule has 1 N–H and O–H groups in total. The number of carbonyl (C=O) groups is 1. The summed E-state index contributed by atoms with van der Waals surface area (Å²) in [7, 11) is 0. The molecular formula is C10H12N2O. The van der Waals surface area contributed by atoms with Crippen molar-refractivity contribution in [2.24, 2.45) is 0 Å². The average molecular weight is 176 g/mol. The van der Waals surface area contributed by atoms with Gasteiger partial charge in [0, 0.05) is 6.04 Å². The number of aromatic nitrogens is 1. The van der Waals surface area contributed by atoms with Crippen LogP contribution < -0.4 is 5.32 Å². The Morgan fingerprint density at radius 2 is 2.46 bits per heavy atom. The number of pyridine rings is 1. The standard InChI is InChI=1S/C10H12N2O/c13-7-8-3-1-4-10(12-8)9-5-2-6-11-9/h1,3-4,7,9,11H,2,5-6H2. The highest BCUT2D eigenvalue weighted by atomic mass is 16.1. The van der Waals surface area contributed by atoms with E-state index in [1.165, 1.54) is 6.42 Å². The quantitative estimate of drug-likeness (QED) is 0.691. The van der Waals surface area contributed by atoms with E-state index in [0.717, 1.165) is 24.9 Å². The normalized spacial score (nSPS) is 21.7. The first-order valence-corrected chi connectivity index (χ1v) is 4.55. The number of aldehydes is 1. The number of hydrogen-bond acceptors (Lipinski definition) is 3. The number of carbonyl (C=O) groups excluding carboxylic acids is 1. The van der Waals surface area contributed by atoms with Crippen LogP contribution in [-0.2, 0) is 0 Å². The van der Waals surface area contributed by atoms with Crippen molar-refractivity contribution < 1.29 is 4.79 Å². The van der Waals surface area contributed by atoms with Crippen molar-refractivity contribution in [1.29, 1.82) is 0 Å². The molecule has 0 spiro atoms. The molecule has 3 nitrogen and oxygen atoms in total. The predicted octanol–water partition coefficient (Wildman–Crippen LogP) is 1.32. The largest absolute Gasteiger partial charge is 0.309 e. The van der Waals surface area contributed by atoms with Crippen molar-refractivity contribution >= 4 is 6.29 Å². The van der Waals surface area contributed by atoms with E-state index in [0.29, 0.717) is 11.7 Å². The number of rotatable bonds is 2. The van der Waals surface area contributed by atoms with E-state index in [1.807, 2.05) is 12.1 Å². The summed E-state index contributed by atoms with van der Waals surface area (Å²) in [5.74, 6) is 0. The van der Waals surface area contributed by atoms with Crippen molar-refractivity contribution in [3.63, 3.8) is 0 Å². The Morgan fingerprint density at radius 3 is 3.15 bits per heavy atom. The zero-order valence-corrected chi connectivity index (χ0v) is 7.36. The topological polar surface area (TPSA) is 42.0 Å². The Bertz CT molecular complexity index is 306. The van der Waals surface area contributed by atoms with Crippen LogP contribution in [0.4, 0.5) is 0 Å². The molecule has 1 aliphatic rings. The molecule has 0 radical (unpaired) electrons. The Morgan fingerprint density at radius 1 is 1.54 bits per heavy atom. The summed E-state index contributed by atoms with van der Waals surface area (Å²) in [6.45, 7) is 1.05. The minimum absolute atomic E-state index is 0.347. The van der Waals surface area contributed by atoms with Gasteiger partial charge in [0.15, 0.2) is 6.29 Å². The second-order valence-corrected chi connectivity index (χ2v) is 3.25. The molecular weight excluding hydrogens is 164 g/mol. The molecule has 68 valence electrons. The third kappa shape index (κ3) is 1.75. The number of hydrogen-bond donors (Lipinski definition) is 1. The molecule has 0 aromatic carbocycles. The lowest BCUT2D eigenvalue weighted by Crippen LogP contribution is -2.14. The van der Waals surface area contributed by atoms with Gasteiger partial charge in [0.05, 0.1) is 5.69 Å². The summed E-state index contributed by atoms with van der Waals surface area (Å²) >= 11 is 0. The Labute approximate surface area is 77.2 Å². The Balaban J connectivity index is 2.23. The van der Waals surface area contributed by atoms with Crippen molar-refractivity contribution in [3.05, 3.63) is 29.6 Å². The number of nitrogens with one attached hydrogen (secondary N) is 1. The van der Waals surface area contributed by atoms with E-state index in [1.54, 1.807) is 6.07 Å². The van der Waals surface area contributed by atoms with Crippen molar-refractivity contribution in [2.45, 2.75) is 18.9 Å². The van der Waals surface area contributed by atoms with Gasteiger partial charge in [-0.2, -0.15) is 0 Å². The zero-order valence-electron chi connectivity index (χ0n) is 7.36. The van der Waals surface area contributed by atoms with Crippen LogP contribution in [0.3, 0.4) is 0 Å². The molecule has 1 atom stereocenters. The average Bonchev–Trinajstić information content (AvgIpc) is 2.71. The van der Waals surface area contributed by atoms with Crippen LogP contribution in [0.15, 0.2) is 18.2 Å². The summed E-state index contributed by atoms with van der Waals surface area (Å²) in [4.78, 5) is 14.7. The van der Waals surface area contributed by atoms with Crippen LogP contribution in [-0.4, -0.2) is 17.8 Å². The first-order chi connectivity index (χ1) is 6.40. The molecule has 1 fully saturated rings. The van der Waals surface area contributed by atoms with Gasteiger partial charge >= 0.3 is 0 Å². The fourth-order valence-electron chi connectivity index (χ4n) is 1.67. The Hall–Kier alpha value is -1.22. The zero-order chi connectivity index (χ0) is 9.10. The second kappa shape index (κ2) is 3.66. The van der Waals surface area contributed by atoms with Crippen LogP contribution in [0.1, 0.15) is 35.1 Å². The molecule has 3 heteroatoms. The fourth-order valence-corrected chi connectivity index (χ4v) is 1.67. The van der Waals surface area contributed by atoms with Crippen molar-refractivity contribution in [1.82, 2.24) is 10.3 Å². The maximum atomic E-state index is 10.5. The SMILES string of the molecule is O=Cc1cccc(C2CCCN2)n1. The molecule has 0 bridgehead atoms. The minimum Gasteiger partial charge on any atom is -0.309 e. The summed E-state index contributed by atoms with van der Waals surface area (Å²) in [5.41, 5.74) is 1.51. The maximum Gasteiger partial charge on any atom is 0.168 e. The maximum absolute atomic E-state index is 10.5. The van der Waals surface area contributed by atoms with Crippen LogP contribution in [0.25, 0.3) is 0 Å². The highest BCUT2D eigenvalue weighted by Gasteiger charge is 2.16. The third-order valence-corrected chi connectivity index (χ3v) is 2.33. The van der Waals surface area contributed by atoms with E-state index in [2.05, 4.69) is 10.3 Å². The van der Waals surface area contributed by atoms with E-state index in [9.17, 15) is 4.79 Å². The van der Waals surface area contributed by atoms with Crippen molar-refractivity contribution in [3.8, 4) is 0 Å². The molecule has 0 amide bonds. The lowest BCUT2D eigenvalue weighted by molar-refractivity contribution is 0.111. The van der Waals surface area contributed by atoms with Gasteiger partial charge < -0.3 is 5.32 Å². The highest BCUT2D eigenvalue weighted by molar-refractivity contribution is 5.71. The van der Waals surface area contributed by atoms with Gasteiger partial charge in [-0.3, -0.25) is 4.79 Å². The van der Waals surface area contributed by atoms with Gasteiger partial charge in [-0.05, 0) is 31.5 Å². The fraction of sp³-hybridized carbons (Fsp3) is 0.400. The molecule has 1 aromatic heterocycles. The van der Waals surface area contributed by atoms with Gasteiger partial charge in [-0.1, -0.05) is 6.07 Å². The highest BCUT2D eigenvalue weighted by Crippen LogP contribution is 2.20. The van der Waals surface area contributed by atoms with Gasteiger partial charge in [0.2, 0.25) is 0 Å². The molecule has 13 heavy (non-hydrogen) atoms. The van der Waals surface area contributed by atoms with Crippen molar-refractivity contribution in [2.75, 3.05) is 6.54 Å². The molecule has 2 rings (SSSR count). The van der Waals surface area contributed by atoms with Gasteiger partial charge in [0.25, 0.3) is 0 Å². The molecule has 1 saturated heterocycles. The van der Waals surface area contributed by atoms with E-state index in [4.69, 9.17) is 0 Å². The van der Waals surface area contributed by atoms with E-state index in [-0.39, 0.29) is 0 Å². The lowest BCUT2D eigenvalue weighted by Gasteiger charge is -2.08. The first-order valence-electron chi connectivity index (χ1n) is 4.55. The summed E-state index contributed by atoms with van der Waals surface area (Å²) in [6.07, 6.45) is 3.10. The molecule has 0 aliphatic carbocycles. The van der Waals surface area contributed by atoms with Gasteiger partial charge in [-0.15, -0.1) is 0 Å². The second-order valence-electron chi connectivity index (χ2n) is 3.25. The first kappa shape index (κ1) is 8.38. The monoisotopic (exact) mass is 176 g/mol. The number of nitrogens with zero attached hydrogens (tertiary/aromatic N) is 1. The molecule has 2 heterocycles. The smallest absolute Gasteiger partial charge is 0.168 e. The summed E-state index contributed by atoms with van der Waals surface area (Å²) in [6, 6.07) is 5.92. The van der Waals surface area contributed by atoms with Crippen LogP contribution in [0.2, 0.25) is 0 Å². The minimum atomic E-state index is 0.347. The van der Waals surface area contributed by atoms with Crippen LogP contribution >= 0.6 is 0 Å². The van der Waals surface area contributed by atoms with Crippen LogP contribution in [0.5, 0.6) is 0 Å². The van der Waals surface area contributed by atoms with Gasteiger partial charge in [0.1, 0.15) is 5.69 Å². The van der Waals surface area contributed by atoms with E-state index < -0.39 is 0 Å². The molecule has 0 saturated carbocycles. The molecule has 1 aliphatic heterocycles. The summed E-state index contributed by atoms with van der Waals surface area (Å²) in [5, 5.41) is 3.35. The molecule has 1 unspecified atom stereocenters. The summed E-state index contributed by atoms with van der Waals surface area (Å²) < 4.78 is 0. The third-order valence-electron chi connectivity index (χ3n) is 2.33. The van der Waals surface area contributed by atoms with Gasteiger partial charge in [-0.25, -0.2) is 4.98 Å². The molecule has 1 aromatic rings. The lowest BCUT2D eigenvalue weighted by atomic mass is 10.1. The van der Waals surface area contributed by atoms with Crippen LogP contribution in [0, 0.1) is 0 Å². The Kier molecular flexibility index (Phi) is 2.36. The predicted molar refractivity (Wildman–Crippen MR) is 49.6 cm³/mol. The van der Waals surface area contributed by atoms with E-state index >= 15 is 0 Å².